The summed E-state index contributed by atoms with van der Waals surface area (Å²) in [5.41, 5.74) is 4.16. The number of nitrogens with zero attached hydrogens (tertiary/aromatic N) is 2. The quantitative estimate of drug-likeness (QED) is 0.274. The molecule has 1 N–H and O–H groups in total. The van der Waals surface area contributed by atoms with E-state index in [0.29, 0.717) is 35.7 Å². The van der Waals surface area contributed by atoms with Crippen molar-refractivity contribution >= 4 is 33.2 Å². The maximum absolute atomic E-state index is 13.9. The summed E-state index contributed by atoms with van der Waals surface area (Å²) < 4.78 is 39.5. The van der Waals surface area contributed by atoms with Crippen LogP contribution in [-0.2, 0) is 27.8 Å². The Morgan fingerprint density at radius 1 is 0.907 bits per heavy atom. The molecule has 0 saturated carbocycles. The normalized spacial score (nSPS) is 12.6. The van der Waals surface area contributed by atoms with Gasteiger partial charge in [-0.15, -0.1) is 0 Å². The zero-order chi connectivity index (χ0) is 30.6. The van der Waals surface area contributed by atoms with Gasteiger partial charge in [0.15, 0.2) is 0 Å². The van der Waals surface area contributed by atoms with E-state index in [9.17, 15) is 18.0 Å². The lowest BCUT2D eigenvalue weighted by Gasteiger charge is -2.23. The molecule has 2 amide bonds. The molecule has 0 aliphatic carbocycles. The van der Waals surface area contributed by atoms with E-state index in [2.05, 4.69) is 5.32 Å². The van der Waals surface area contributed by atoms with E-state index in [4.69, 9.17) is 9.47 Å². The molecule has 1 aliphatic rings. The van der Waals surface area contributed by atoms with Crippen molar-refractivity contribution in [3.8, 4) is 11.5 Å². The highest BCUT2D eigenvalue weighted by atomic mass is 32.2. The van der Waals surface area contributed by atoms with Crippen molar-refractivity contribution in [1.29, 1.82) is 0 Å². The number of hydrogen-bond donors (Lipinski definition) is 1. The second-order valence-corrected chi connectivity index (χ2v) is 12.1. The average Bonchev–Trinajstić information content (AvgIpc) is 3.44. The van der Waals surface area contributed by atoms with Crippen LogP contribution in [0.2, 0.25) is 0 Å². The van der Waals surface area contributed by atoms with Crippen molar-refractivity contribution in [1.82, 2.24) is 4.31 Å². The van der Waals surface area contributed by atoms with Crippen molar-refractivity contribution in [2.45, 2.75) is 24.8 Å². The number of rotatable bonds is 10. The van der Waals surface area contributed by atoms with Crippen LogP contribution in [0.4, 0.5) is 11.4 Å². The summed E-state index contributed by atoms with van der Waals surface area (Å²) in [4.78, 5) is 28.3. The zero-order valence-electron chi connectivity index (χ0n) is 24.2. The molecule has 5 rings (SSSR count). The number of methoxy groups -OCH3 is 2. The molecule has 0 unspecified atom stereocenters. The summed E-state index contributed by atoms with van der Waals surface area (Å²) in [6.07, 6.45) is 0.687. The fourth-order valence-electron chi connectivity index (χ4n) is 5.06. The number of carbonyl (C=O) groups excluding carboxylic acids is 2. The summed E-state index contributed by atoms with van der Waals surface area (Å²) in [6.45, 7) is 1.87. The fourth-order valence-corrected chi connectivity index (χ4v) is 6.68. The number of fused-ring (bicyclic) bond motifs is 1. The number of benzene rings is 4. The van der Waals surface area contributed by atoms with E-state index in [0.717, 1.165) is 21.0 Å². The minimum Gasteiger partial charge on any atom is -0.497 e. The topological polar surface area (TPSA) is 105 Å². The summed E-state index contributed by atoms with van der Waals surface area (Å²) in [5.74, 6) is 0.186. The van der Waals surface area contributed by atoms with Crippen molar-refractivity contribution < 1.29 is 27.5 Å². The number of amides is 2. The highest BCUT2D eigenvalue weighted by Gasteiger charge is 2.31. The minimum absolute atomic E-state index is 0.0102. The smallest absolute Gasteiger partial charge is 0.258 e. The van der Waals surface area contributed by atoms with E-state index in [1.807, 2.05) is 36.4 Å². The Bertz CT molecular complexity index is 1740. The number of anilines is 2. The zero-order valence-corrected chi connectivity index (χ0v) is 25.1. The van der Waals surface area contributed by atoms with Crippen molar-refractivity contribution in [3.63, 3.8) is 0 Å². The Hall–Kier alpha value is -4.67. The van der Waals surface area contributed by atoms with Crippen LogP contribution in [0.15, 0.2) is 95.9 Å². The SMILES string of the molecule is COc1ccc(C(=O)N2CCc3ccc(NC(=O)CN(Cc4ccccc4)S(=O)(=O)c4cc(C)ccc4OC)cc32)cc1. The molecule has 0 aromatic heterocycles. The highest BCUT2D eigenvalue weighted by Crippen LogP contribution is 2.33. The Balaban J connectivity index is 1.38. The van der Waals surface area contributed by atoms with Gasteiger partial charge >= 0.3 is 0 Å². The van der Waals surface area contributed by atoms with Crippen molar-refractivity contribution in [2.24, 2.45) is 0 Å². The molecule has 9 nitrogen and oxygen atoms in total. The molecule has 0 fully saturated rings. The van der Waals surface area contributed by atoms with Gasteiger partial charge in [-0.1, -0.05) is 42.5 Å². The third-order valence-electron chi connectivity index (χ3n) is 7.31. The van der Waals surface area contributed by atoms with E-state index < -0.39 is 22.5 Å². The number of hydrogen-bond acceptors (Lipinski definition) is 6. The second kappa shape index (κ2) is 12.7. The molecular formula is C33H33N3O6S. The number of nitrogens with one attached hydrogen (secondary N) is 1. The standard InChI is InChI=1S/C33H33N3O6S/c1-23-9-16-30(42-3)31(19-23)43(39,40)35(21-24-7-5-4-6-8-24)22-32(37)34-27-13-10-25-17-18-36(29(25)20-27)33(38)26-11-14-28(41-2)15-12-26/h4-16,19-20H,17-18,21-22H2,1-3H3,(H,34,37). The van der Waals surface area contributed by atoms with Crippen LogP contribution in [0.1, 0.15) is 27.0 Å². The molecular weight excluding hydrogens is 566 g/mol. The van der Waals surface area contributed by atoms with Gasteiger partial charge in [-0.2, -0.15) is 4.31 Å². The van der Waals surface area contributed by atoms with Crippen LogP contribution >= 0.6 is 0 Å². The number of ether oxygens (including phenoxy) is 2. The van der Waals surface area contributed by atoms with Gasteiger partial charge in [0.25, 0.3) is 5.91 Å². The number of aryl methyl sites for hydroxylation is 1. The summed E-state index contributed by atoms with van der Waals surface area (Å²) in [5, 5.41) is 2.83. The van der Waals surface area contributed by atoms with E-state index in [-0.39, 0.29) is 23.1 Å². The van der Waals surface area contributed by atoms with Gasteiger partial charge in [0.2, 0.25) is 15.9 Å². The summed E-state index contributed by atoms with van der Waals surface area (Å²) in [7, 11) is -1.15. The maximum atomic E-state index is 13.9. The van der Waals surface area contributed by atoms with Crippen molar-refractivity contribution in [3.05, 3.63) is 113 Å². The van der Waals surface area contributed by atoms with Gasteiger partial charge in [-0.3, -0.25) is 9.59 Å². The van der Waals surface area contributed by atoms with Gasteiger partial charge in [0, 0.05) is 30.0 Å². The number of carbonyl (C=O) groups is 2. The first-order valence-electron chi connectivity index (χ1n) is 13.8. The van der Waals surface area contributed by atoms with Gasteiger partial charge in [-0.05, 0) is 78.6 Å². The molecule has 43 heavy (non-hydrogen) atoms. The molecule has 0 atom stereocenters. The second-order valence-electron chi connectivity index (χ2n) is 10.2. The minimum atomic E-state index is -4.13. The Kier molecular flexibility index (Phi) is 8.79. The van der Waals surface area contributed by atoms with Crippen LogP contribution in [0.25, 0.3) is 0 Å². The molecule has 222 valence electrons. The van der Waals surface area contributed by atoms with E-state index in [1.54, 1.807) is 73.5 Å². The van der Waals surface area contributed by atoms with Crippen LogP contribution in [0.3, 0.4) is 0 Å². The van der Waals surface area contributed by atoms with Crippen LogP contribution in [0, 0.1) is 6.92 Å². The van der Waals surface area contributed by atoms with Crippen molar-refractivity contribution in [2.75, 3.05) is 37.5 Å². The highest BCUT2D eigenvalue weighted by molar-refractivity contribution is 7.89. The predicted octanol–water partition coefficient (Wildman–Crippen LogP) is 5.04. The van der Waals surface area contributed by atoms with Gasteiger partial charge in [0.05, 0.1) is 20.8 Å². The maximum Gasteiger partial charge on any atom is 0.258 e. The molecule has 1 aliphatic heterocycles. The average molecular weight is 600 g/mol. The first kappa shape index (κ1) is 29.8. The third-order valence-corrected chi connectivity index (χ3v) is 9.12. The number of sulfonamides is 1. The lowest BCUT2D eigenvalue weighted by Crippen LogP contribution is -2.37. The molecule has 0 saturated heterocycles. The first-order valence-corrected chi connectivity index (χ1v) is 15.2. The van der Waals surface area contributed by atoms with Crippen LogP contribution in [0.5, 0.6) is 11.5 Å². The van der Waals surface area contributed by atoms with Gasteiger partial charge in [-0.25, -0.2) is 8.42 Å². The molecule has 0 radical (unpaired) electrons. The van der Waals surface area contributed by atoms with E-state index in [1.165, 1.54) is 7.11 Å². The monoisotopic (exact) mass is 599 g/mol. The summed E-state index contributed by atoms with van der Waals surface area (Å²) in [6, 6.07) is 26.3. The Morgan fingerprint density at radius 3 is 2.35 bits per heavy atom. The molecule has 0 spiro atoms. The fraction of sp³-hybridized carbons (Fsp3) is 0.212. The summed E-state index contributed by atoms with van der Waals surface area (Å²) >= 11 is 0. The Morgan fingerprint density at radius 2 is 1.65 bits per heavy atom. The Labute approximate surface area is 251 Å². The van der Waals surface area contributed by atoms with Gasteiger partial charge in [0.1, 0.15) is 16.4 Å². The molecule has 4 aromatic rings. The van der Waals surface area contributed by atoms with Crippen LogP contribution < -0.4 is 19.7 Å². The third kappa shape index (κ3) is 6.55. The largest absolute Gasteiger partial charge is 0.497 e. The lowest BCUT2D eigenvalue weighted by molar-refractivity contribution is -0.116. The predicted molar refractivity (Wildman–Crippen MR) is 165 cm³/mol. The molecule has 1 heterocycles. The molecule has 10 heteroatoms. The first-order chi connectivity index (χ1) is 20.7. The molecule has 0 bridgehead atoms. The lowest BCUT2D eigenvalue weighted by atomic mass is 10.1. The van der Waals surface area contributed by atoms with Gasteiger partial charge < -0.3 is 19.7 Å². The van der Waals surface area contributed by atoms with Crippen LogP contribution in [-0.4, -0.2) is 51.8 Å². The molecule has 4 aromatic carbocycles. The van der Waals surface area contributed by atoms with E-state index >= 15 is 0 Å².